The first-order valence-corrected chi connectivity index (χ1v) is 7.92. The molecule has 1 aromatic carbocycles. The van der Waals surface area contributed by atoms with Gasteiger partial charge in [0.2, 0.25) is 10.0 Å². The first-order valence-electron chi connectivity index (χ1n) is 6.06. The number of hydrogen-bond donors (Lipinski definition) is 1. The quantitative estimate of drug-likeness (QED) is 0.938. The molecule has 0 unspecified atom stereocenters. The van der Waals surface area contributed by atoms with Gasteiger partial charge >= 0.3 is 0 Å². The third-order valence-electron chi connectivity index (χ3n) is 2.91. The number of hydrogen-bond acceptors (Lipinski definition) is 4. The van der Waals surface area contributed by atoms with Crippen LogP contribution in [0.3, 0.4) is 0 Å². The molecule has 2 aromatic rings. The van der Waals surface area contributed by atoms with Gasteiger partial charge in [0.25, 0.3) is 0 Å². The molecule has 0 amide bonds. The zero-order chi connectivity index (χ0) is 15.5. The Balaban J connectivity index is 2.27. The Morgan fingerprint density at radius 2 is 1.95 bits per heavy atom. The van der Waals surface area contributed by atoms with Crippen molar-refractivity contribution in [1.29, 1.82) is 5.26 Å². The normalized spacial score (nSPS) is 12.6. The second-order valence-corrected chi connectivity index (χ2v) is 6.50. The minimum atomic E-state index is -3.72. The van der Waals surface area contributed by atoms with Crippen LogP contribution in [0.4, 0.5) is 0 Å². The van der Waals surface area contributed by atoms with Crippen molar-refractivity contribution in [2.45, 2.75) is 17.9 Å². The Bertz CT molecular complexity index is 786. The number of aromatic nitrogens is 1. The topological polar surface area (TPSA) is 82.9 Å². The molecule has 21 heavy (non-hydrogen) atoms. The maximum absolute atomic E-state index is 12.3. The van der Waals surface area contributed by atoms with Gasteiger partial charge in [0.1, 0.15) is 6.07 Å². The summed E-state index contributed by atoms with van der Waals surface area (Å²) >= 11 is 5.87. The van der Waals surface area contributed by atoms with Crippen LogP contribution in [0.1, 0.15) is 24.1 Å². The number of nitrogens with one attached hydrogen (secondary N) is 1. The molecule has 0 spiro atoms. The van der Waals surface area contributed by atoms with Crippen LogP contribution in [-0.2, 0) is 10.0 Å². The van der Waals surface area contributed by atoms with E-state index in [1.54, 1.807) is 31.5 Å². The Labute approximate surface area is 128 Å². The van der Waals surface area contributed by atoms with E-state index in [1.807, 2.05) is 6.07 Å². The fourth-order valence-corrected chi connectivity index (χ4v) is 3.32. The summed E-state index contributed by atoms with van der Waals surface area (Å²) in [5.74, 6) is 0. The fraction of sp³-hybridized carbons (Fsp3) is 0.143. The van der Waals surface area contributed by atoms with Gasteiger partial charge in [-0.3, -0.25) is 4.98 Å². The van der Waals surface area contributed by atoms with Gasteiger partial charge < -0.3 is 0 Å². The number of benzene rings is 1. The van der Waals surface area contributed by atoms with E-state index >= 15 is 0 Å². The molecular weight excluding hydrogens is 310 g/mol. The number of halogens is 1. The van der Waals surface area contributed by atoms with E-state index in [0.717, 1.165) is 5.56 Å². The highest BCUT2D eigenvalue weighted by Gasteiger charge is 2.19. The Morgan fingerprint density at radius 3 is 2.52 bits per heavy atom. The van der Waals surface area contributed by atoms with Gasteiger partial charge in [0, 0.05) is 18.4 Å². The van der Waals surface area contributed by atoms with E-state index in [9.17, 15) is 8.42 Å². The number of nitriles is 1. The summed E-state index contributed by atoms with van der Waals surface area (Å²) in [5.41, 5.74) is 1.03. The van der Waals surface area contributed by atoms with E-state index in [2.05, 4.69) is 9.71 Å². The summed E-state index contributed by atoms with van der Waals surface area (Å²) in [6.07, 6.45) is 3.19. The molecule has 0 saturated heterocycles. The van der Waals surface area contributed by atoms with Gasteiger partial charge in [-0.2, -0.15) is 5.26 Å². The van der Waals surface area contributed by atoms with Crippen LogP contribution >= 0.6 is 11.6 Å². The lowest BCUT2D eigenvalue weighted by atomic mass is 10.1. The minimum absolute atomic E-state index is 0.0207. The van der Waals surface area contributed by atoms with Crippen LogP contribution in [0.5, 0.6) is 0 Å². The van der Waals surface area contributed by atoms with E-state index < -0.39 is 16.1 Å². The maximum Gasteiger partial charge on any atom is 0.241 e. The standard InChI is InChI=1S/C14H12ClN3O2S/c1-10(11-4-6-17-7-5-11)18-21(19,20)13-3-2-12(9-16)14(15)8-13/h2-8,10,18H,1H3/t10-/m0/s1. The van der Waals surface area contributed by atoms with Crippen molar-refractivity contribution < 1.29 is 8.42 Å². The van der Waals surface area contributed by atoms with Crippen molar-refractivity contribution in [3.05, 3.63) is 58.9 Å². The van der Waals surface area contributed by atoms with Crippen molar-refractivity contribution in [3.8, 4) is 6.07 Å². The molecule has 7 heteroatoms. The number of rotatable bonds is 4. The summed E-state index contributed by atoms with van der Waals surface area (Å²) in [6, 6.07) is 8.95. The maximum atomic E-state index is 12.3. The highest BCUT2D eigenvalue weighted by atomic mass is 35.5. The van der Waals surface area contributed by atoms with Gasteiger partial charge in [-0.25, -0.2) is 13.1 Å². The molecule has 0 fully saturated rings. The van der Waals surface area contributed by atoms with Crippen LogP contribution in [0.15, 0.2) is 47.6 Å². The molecule has 5 nitrogen and oxygen atoms in total. The monoisotopic (exact) mass is 321 g/mol. The fourth-order valence-electron chi connectivity index (χ4n) is 1.77. The van der Waals surface area contributed by atoms with Crippen LogP contribution in [0.25, 0.3) is 0 Å². The third kappa shape index (κ3) is 3.58. The van der Waals surface area contributed by atoms with Gasteiger partial charge in [-0.15, -0.1) is 0 Å². The number of pyridine rings is 1. The molecule has 1 heterocycles. The van der Waals surface area contributed by atoms with E-state index in [1.165, 1.54) is 18.2 Å². The molecule has 0 bridgehead atoms. The summed E-state index contributed by atoms with van der Waals surface area (Å²) in [5, 5.41) is 8.91. The second kappa shape index (κ2) is 6.22. The predicted octanol–water partition coefficient (Wildman–Crippen LogP) is 2.65. The summed E-state index contributed by atoms with van der Waals surface area (Å²) < 4.78 is 27.2. The molecule has 2 rings (SSSR count). The van der Waals surface area contributed by atoms with Crippen LogP contribution < -0.4 is 4.72 Å². The van der Waals surface area contributed by atoms with Crippen molar-refractivity contribution in [2.75, 3.05) is 0 Å². The number of sulfonamides is 1. The van der Waals surface area contributed by atoms with Crippen LogP contribution in [0, 0.1) is 11.3 Å². The smallest absolute Gasteiger partial charge is 0.241 e. The molecule has 0 radical (unpaired) electrons. The van der Waals surface area contributed by atoms with Gasteiger partial charge in [-0.1, -0.05) is 11.6 Å². The molecule has 1 atom stereocenters. The Morgan fingerprint density at radius 1 is 1.29 bits per heavy atom. The molecule has 1 N–H and O–H groups in total. The van der Waals surface area contributed by atoms with E-state index in [0.29, 0.717) is 0 Å². The highest BCUT2D eigenvalue weighted by molar-refractivity contribution is 7.89. The second-order valence-electron chi connectivity index (χ2n) is 4.38. The molecule has 0 aliphatic heterocycles. The number of nitrogens with zero attached hydrogens (tertiary/aromatic N) is 2. The summed E-state index contributed by atoms with van der Waals surface area (Å²) in [7, 11) is -3.72. The minimum Gasteiger partial charge on any atom is -0.265 e. The van der Waals surface area contributed by atoms with Crippen molar-refractivity contribution in [2.24, 2.45) is 0 Å². The van der Waals surface area contributed by atoms with Crippen LogP contribution in [-0.4, -0.2) is 13.4 Å². The Hall–Kier alpha value is -1.94. The van der Waals surface area contributed by atoms with Gasteiger partial charge in [-0.05, 0) is 42.8 Å². The van der Waals surface area contributed by atoms with E-state index in [-0.39, 0.29) is 15.5 Å². The first kappa shape index (κ1) is 15.4. The average Bonchev–Trinajstić information content (AvgIpc) is 2.47. The SMILES string of the molecule is C[C@H](NS(=O)(=O)c1ccc(C#N)c(Cl)c1)c1ccncc1. The lowest BCUT2D eigenvalue weighted by Crippen LogP contribution is -2.26. The van der Waals surface area contributed by atoms with Crippen molar-refractivity contribution >= 4 is 21.6 Å². The molecule has 0 saturated carbocycles. The van der Waals surface area contributed by atoms with Gasteiger partial charge in [0.15, 0.2) is 0 Å². The Kier molecular flexibility index (Phi) is 4.58. The molecular formula is C14H12ClN3O2S. The third-order valence-corrected chi connectivity index (χ3v) is 4.76. The molecule has 108 valence electrons. The summed E-state index contributed by atoms with van der Waals surface area (Å²) in [6.45, 7) is 1.73. The lowest BCUT2D eigenvalue weighted by Gasteiger charge is -2.14. The molecule has 0 aliphatic rings. The predicted molar refractivity (Wildman–Crippen MR) is 79.1 cm³/mol. The van der Waals surface area contributed by atoms with Gasteiger partial charge in [0.05, 0.1) is 15.5 Å². The summed E-state index contributed by atoms with van der Waals surface area (Å²) in [4.78, 5) is 3.91. The van der Waals surface area contributed by atoms with E-state index in [4.69, 9.17) is 16.9 Å². The molecule has 0 aliphatic carbocycles. The molecule has 1 aromatic heterocycles. The first-order chi connectivity index (χ1) is 9.94. The van der Waals surface area contributed by atoms with Crippen LogP contribution in [0.2, 0.25) is 5.02 Å². The zero-order valence-electron chi connectivity index (χ0n) is 11.1. The largest absolute Gasteiger partial charge is 0.265 e. The zero-order valence-corrected chi connectivity index (χ0v) is 12.7. The average molecular weight is 322 g/mol. The van der Waals surface area contributed by atoms with Crippen molar-refractivity contribution in [1.82, 2.24) is 9.71 Å². The lowest BCUT2D eigenvalue weighted by molar-refractivity contribution is 0.567. The highest BCUT2D eigenvalue weighted by Crippen LogP contribution is 2.22. The van der Waals surface area contributed by atoms with Crippen molar-refractivity contribution in [3.63, 3.8) is 0 Å².